The first kappa shape index (κ1) is 16.8. The average Bonchev–Trinajstić information content (AvgIpc) is 2.46. The van der Waals surface area contributed by atoms with Crippen molar-refractivity contribution in [2.45, 2.75) is 64.5 Å². The number of hydrogen-bond donors (Lipinski definition) is 1. The van der Waals surface area contributed by atoms with Gasteiger partial charge in [0.25, 0.3) is 0 Å². The van der Waals surface area contributed by atoms with Gasteiger partial charge in [-0.05, 0) is 55.4 Å². The highest BCUT2D eigenvalue weighted by atomic mass is 79.9. The van der Waals surface area contributed by atoms with E-state index in [4.69, 9.17) is 5.73 Å². The van der Waals surface area contributed by atoms with Crippen molar-refractivity contribution in [2.24, 2.45) is 11.7 Å². The molecule has 3 heteroatoms. The molecular formula is C18H29BrN2. The van der Waals surface area contributed by atoms with Crippen LogP contribution in [0.15, 0.2) is 22.7 Å². The topological polar surface area (TPSA) is 29.3 Å². The summed E-state index contributed by atoms with van der Waals surface area (Å²) in [7, 11) is 2.26. The van der Waals surface area contributed by atoms with Crippen molar-refractivity contribution in [3.63, 3.8) is 0 Å². The van der Waals surface area contributed by atoms with Crippen LogP contribution >= 0.6 is 15.9 Å². The Balaban J connectivity index is 2.20. The molecule has 0 aliphatic heterocycles. The summed E-state index contributed by atoms with van der Waals surface area (Å²) in [4.78, 5) is 2.50. The molecule has 2 nitrogen and oxygen atoms in total. The predicted octanol–water partition coefficient (Wildman–Crippen LogP) is 4.74. The van der Waals surface area contributed by atoms with Crippen LogP contribution in [0.3, 0.4) is 0 Å². The van der Waals surface area contributed by atoms with E-state index in [0.717, 1.165) is 23.2 Å². The van der Waals surface area contributed by atoms with Gasteiger partial charge in [0.05, 0.1) is 0 Å². The summed E-state index contributed by atoms with van der Waals surface area (Å²) >= 11 is 3.60. The lowest BCUT2D eigenvalue weighted by molar-refractivity contribution is 0.336. The van der Waals surface area contributed by atoms with Crippen LogP contribution in [0.5, 0.6) is 0 Å². The zero-order valence-electron chi connectivity index (χ0n) is 13.6. The molecule has 2 rings (SSSR count). The molecule has 1 aromatic rings. The van der Waals surface area contributed by atoms with Gasteiger partial charge < -0.3 is 10.6 Å². The highest BCUT2D eigenvalue weighted by molar-refractivity contribution is 9.10. The van der Waals surface area contributed by atoms with Crippen LogP contribution in [0, 0.1) is 5.92 Å². The molecule has 1 aromatic carbocycles. The van der Waals surface area contributed by atoms with Crippen molar-refractivity contribution in [1.82, 2.24) is 0 Å². The molecule has 0 radical (unpaired) electrons. The van der Waals surface area contributed by atoms with Crippen molar-refractivity contribution in [3.8, 4) is 0 Å². The lowest BCUT2D eigenvalue weighted by atomic mass is 9.86. The van der Waals surface area contributed by atoms with E-state index in [9.17, 15) is 0 Å². The first-order valence-corrected chi connectivity index (χ1v) is 9.07. The average molecular weight is 353 g/mol. The van der Waals surface area contributed by atoms with Crippen LogP contribution in [-0.2, 0) is 6.42 Å². The van der Waals surface area contributed by atoms with Crippen LogP contribution in [0.4, 0.5) is 5.69 Å². The molecule has 0 heterocycles. The van der Waals surface area contributed by atoms with Gasteiger partial charge >= 0.3 is 0 Å². The minimum absolute atomic E-state index is 0.247. The zero-order chi connectivity index (χ0) is 15.4. The molecule has 118 valence electrons. The van der Waals surface area contributed by atoms with Gasteiger partial charge in [-0.1, -0.05) is 42.6 Å². The van der Waals surface area contributed by atoms with E-state index in [1.807, 2.05) is 0 Å². The largest absolute Gasteiger partial charge is 0.371 e. The number of rotatable bonds is 5. The van der Waals surface area contributed by atoms with E-state index < -0.39 is 0 Å². The van der Waals surface area contributed by atoms with Crippen molar-refractivity contribution >= 4 is 21.6 Å². The Labute approximate surface area is 138 Å². The van der Waals surface area contributed by atoms with Gasteiger partial charge in [-0.3, -0.25) is 0 Å². The fraction of sp³-hybridized carbons (Fsp3) is 0.667. The molecule has 21 heavy (non-hydrogen) atoms. The van der Waals surface area contributed by atoms with Crippen LogP contribution < -0.4 is 10.6 Å². The zero-order valence-corrected chi connectivity index (χ0v) is 15.2. The number of nitrogens with two attached hydrogens (primary N) is 1. The third kappa shape index (κ3) is 4.46. The smallest absolute Gasteiger partial charge is 0.0400 e. The van der Waals surface area contributed by atoms with Gasteiger partial charge in [0, 0.05) is 29.3 Å². The molecule has 0 spiro atoms. The van der Waals surface area contributed by atoms with Gasteiger partial charge in [-0.15, -0.1) is 0 Å². The summed E-state index contributed by atoms with van der Waals surface area (Å²) in [5.74, 6) is 0.850. The van der Waals surface area contributed by atoms with E-state index in [1.165, 1.54) is 36.9 Å². The molecule has 1 saturated carbocycles. The second kappa shape index (κ2) is 7.64. The summed E-state index contributed by atoms with van der Waals surface area (Å²) in [5, 5.41) is 0. The van der Waals surface area contributed by atoms with Gasteiger partial charge in [-0.25, -0.2) is 0 Å². The number of halogens is 1. The number of hydrogen-bond acceptors (Lipinski definition) is 2. The fourth-order valence-electron chi connectivity index (χ4n) is 3.44. The second-order valence-electron chi connectivity index (χ2n) is 6.68. The number of benzene rings is 1. The highest BCUT2D eigenvalue weighted by Gasteiger charge is 2.24. The number of anilines is 1. The van der Waals surface area contributed by atoms with Crippen LogP contribution in [-0.4, -0.2) is 19.1 Å². The Morgan fingerprint density at radius 2 is 2.14 bits per heavy atom. The van der Waals surface area contributed by atoms with E-state index in [2.05, 4.69) is 59.9 Å². The number of nitrogens with zero attached hydrogens (tertiary/aromatic N) is 1. The third-order valence-corrected chi connectivity index (χ3v) is 5.38. The molecular weight excluding hydrogens is 324 g/mol. The molecule has 3 unspecified atom stereocenters. The molecule has 0 aromatic heterocycles. The van der Waals surface area contributed by atoms with Crippen molar-refractivity contribution in [3.05, 3.63) is 28.2 Å². The molecule has 0 amide bonds. The Morgan fingerprint density at radius 3 is 2.81 bits per heavy atom. The van der Waals surface area contributed by atoms with Crippen LogP contribution in [0.1, 0.15) is 51.5 Å². The monoisotopic (exact) mass is 352 g/mol. The SMILES string of the molecule is CCC(N)Cc1cc(Br)ccc1N(C)C1CCCC(C)C1. The summed E-state index contributed by atoms with van der Waals surface area (Å²) < 4.78 is 1.15. The molecule has 3 atom stereocenters. The lowest BCUT2D eigenvalue weighted by Gasteiger charge is -2.37. The van der Waals surface area contributed by atoms with Gasteiger partial charge in [0.15, 0.2) is 0 Å². The first-order valence-electron chi connectivity index (χ1n) is 8.28. The maximum atomic E-state index is 6.19. The third-order valence-electron chi connectivity index (χ3n) is 4.88. The standard InChI is InChI=1S/C18H29BrN2/c1-4-16(20)12-14-11-15(19)8-9-18(14)21(3)17-7-5-6-13(2)10-17/h8-9,11,13,16-17H,4-7,10,12,20H2,1-3H3. The predicted molar refractivity (Wildman–Crippen MR) is 95.9 cm³/mol. The van der Waals surface area contributed by atoms with Crippen molar-refractivity contribution in [2.75, 3.05) is 11.9 Å². The summed E-state index contributed by atoms with van der Waals surface area (Å²) in [6, 6.07) is 7.57. The van der Waals surface area contributed by atoms with Crippen molar-refractivity contribution < 1.29 is 0 Å². The molecule has 1 fully saturated rings. The molecule has 0 bridgehead atoms. The quantitative estimate of drug-likeness (QED) is 0.828. The maximum absolute atomic E-state index is 6.19. The fourth-order valence-corrected chi connectivity index (χ4v) is 3.85. The van der Waals surface area contributed by atoms with E-state index >= 15 is 0 Å². The Bertz CT molecular complexity index is 461. The van der Waals surface area contributed by atoms with Crippen molar-refractivity contribution in [1.29, 1.82) is 0 Å². The van der Waals surface area contributed by atoms with Gasteiger partial charge in [0.2, 0.25) is 0 Å². The Morgan fingerprint density at radius 1 is 1.38 bits per heavy atom. The lowest BCUT2D eigenvalue weighted by Crippen LogP contribution is -2.36. The molecule has 0 saturated heterocycles. The summed E-state index contributed by atoms with van der Waals surface area (Å²) in [6.07, 6.45) is 7.35. The van der Waals surface area contributed by atoms with Gasteiger partial charge in [0.1, 0.15) is 0 Å². The van der Waals surface area contributed by atoms with Crippen LogP contribution in [0.25, 0.3) is 0 Å². The maximum Gasteiger partial charge on any atom is 0.0400 e. The van der Waals surface area contributed by atoms with E-state index in [0.29, 0.717) is 6.04 Å². The minimum Gasteiger partial charge on any atom is -0.371 e. The van der Waals surface area contributed by atoms with Crippen LogP contribution in [0.2, 0.25) is 0 Å². The molecule has 2 N–H and O–H groups in total. The summed E-state index contributed by atoms with van der Waals surface area (Å²) in [6.45, 7) is 4.55. The highest BCUT2D eigenvalue weighted by Crippen LogP contribution is 2.32. The van der Waals surface area contributed by atoms with Gasteiger partial charge in [-0.2, -0.15) is 0 Å². The Kier molecular flexibility index (Phi) is 6.12. The Hall–Kier alpha value is -0.540. The van der Waals surface area contributed by atoms with E-state index in [1.54, 1.807) is 0 Å². The molecule has 1 aliphatic carbocycles. The first-order chi connectivity index (χ1) is 10.0. The summed E-state index contributed by atoms with van der Waals surface area (Å²) in [5.41, 5.74) is 8.93. The second-order valence-corrected chi connectivity index (χ2v) is 7.60. The molecule has 1 aliphatic rings. The normalized spacial score (nSPS) is 23.9. The van der Waals surface area contributed by atoms with E-state index in [-0.39, 0.29) is 6.04 Å². The minimum atomic E-state index is 0.247.